The van der Waals surface area contributed by atoms with Crippen molar-refractivity contribution in [3.63, 3.8) is 0 Å². The largest absolute Gasteiger partial charge is 0.496 e. The molecule has 0 spiro atoms. The van der Waals surface area contributed by atoms with Crippen LogP contribution in [-0.4, -0.2) is 7.11 Å². The van der Waals surface area contributed by atoms with Gasteiger partial charge in [-0.1, -0.05) is 22.0 Å². The van der Waals surface area contributed by atoms with Crippen LogP contribution in [0, 0.1) is 17.5 Å². The van der Waals surface area contributed by atoms with Gasteiger partial charge in [-0.3, -0.25) is 0 Å². The van der Waals surface area contributed by atoms with Crippen molar-refractivity contribution in [2.75, 3.05) is 7.11 Å². The van der Waals surface area contributed by atoms with Gasteiger partial charge in [-0.2, -0.15) is 0 Å². The van der Waals surface area contributed by atoms with Crippen LogP contribution in [0.4, 0.5) is 13.2 Å². The molecule has 2 aromatic carbocycles. The van der Waals surface area contributed by atoms with Crippen LogP contribution in [0.3, 0.4) is 0 Å². The molecule has 1 nitrogen and oxygen atoms in total. The Morgan fingerprint density at radius 2 is 1.75 bits per heavy atom. The van der Waals surface area contributed by atoms with E-state index in [-0.39, 0.29) is 21.3 Å². The van der Waals surface area contributed by atoms with E-state index < -0.39 is 22.3 Å². The first kappa shape index (κ1) is 15.4. The average molecular weight is 410 g/mol. The molecule has 0 N–H and O–H groups in total. The SMILES string of the molecule is COc1cccc(F)c1C(Br)c1cc(F)c(Br)cc1F. The number of hydrogen-bond donors (Lipinski definition) is 0. The molecule has 0 heterocycles. The van der Waals surface area contributed by atoms with Crippen LogP contribution >= 0.6 is 31.9 Å². The molecule has 0 amide bonds. The Labute approximate surface area is 131 Å². The van der Waals surface area contributed by atoms with Gasteiger partial charge in [-0.15, -0.1) is 0 Å². The number of methoxy groups -OCH3 is 1. The Kier molecular flexibility index (Phi) is 4.75. The molecule has 0 saturated carbocycles. The number of alkyl halides is 1. The van der Waals surface area contributed by atoms with Crippen LogP contribution < -0.4 is 4.74 Å². The molecule has 0 fully saturated rings. The fourth-order valence-corrected chi connectivity index (χ4v) is 2.94. The fourth-order valence-electron chi connectivity index (χ4n) is 1.83. The van der Waals surface area contributed by atoms with Crippen LogP contribution in [0.1, 0.15) is 16.0 Å². The van der Waals surface area contributed by atoms with Crippen molar-refractivity contribution in [1.29, 1.82) is 0 Å². The minimum absolute atomic E-state index is 0.00546. The molecule has 0 saturated heterocycles. The summed E-state index contributed by atoms with van der Waals surface area (Å²) in [5, 5.41) is 0. The Balaban J connectivity index is 2.57. The van der Waals surface area contributed by atoms with E-state index >= 15 is 0 Å². The maximum absolute atomic E-state index is 13.9. The Morgan fingerprint density at radius 1 is 1.05 bits per heavy atom. The van der Waals surface area contributed by atoms with Crippen molar-refractivity contribution in [3.05, 3.63) is 63.4 Å². The highest BCUT2D eigenvalue weighted by Gasteiger charge is 2.23. The normalized spacial score (nSPS) is 12.3. The molecule has 106 valence electrons. The van der Waals surface area contributed by atoms with Gasteiger partial charge in [0.1, 0.15) is 23.2 Å². The summed E-state index contributed by atoms with van der Waals surface area (Å²) in [5.41, 5.74) is 0.115. The van der Waals surface area contributed by atoms with E-state index in [1.807, 2.05) is 0 Å². The summed E-state index contributed by atoms with van der Waals surface area (Å²) in [6.07, 6.45) is 0. The molecule has 2 aromatic rings. The molecular weight excluding hydrogens is 401 g/mol. The lowest BCUT2D eigenvalue weighted by Crippen LogP contribution is -2.03. The number of hydrogen-bond acceptors (Lipinski definition) is 1. The van der Waals surface area contributed by atoms with Gasteiger partial charge in [0.25, 0.3) is 0 Å². The van der Waals surface area contributed by atoms with Crippen LogP contribution in [0.15, 0.2) is 34.8 Å². The summed E-state index contributed by atoms with van der Waals surface area (Å²) in [4.78, 5) is -0.860. The zero-order valence-corrected chi connectivity index (χ0v) is 13.4. The molecule has 2 rings (SSSR count). The average Bonchev–Trinajstić information content (AvgIpc) is 2.41. The number of ether oxygens (including phenoxy) is 1. The van der Waals surface area contributed by atoms with Gasteiger partial charge >= 0.3 is 0 Å². The maximum atomic E-state index is 13.9. The summed E-state index contributed by atoms with van der Waals surface area (Å²) < 4.78 is 46.5. The molecule has 6 heteroatoms. The number of halogens is 5. The molecule has 1 unspecified atom stereocenters. The highest BCUT2D eigenvalue weighted by molar-refractivity contribution is 9.10. The molecule has 0 aliphatic rings. The number of rotatable bonds is 3. The summed E-state index contributed by atoms with van der Waals surface area (Å²) >= 11 is 6.10. The predicted molar refractivity (Wildman–Crippen MR) is 77.8 cm³/mol. The molecule has 1 atom stereocenters. The van der Waals surface area contributed by atoms with Gasteiger partial charge in [0.2, 0.25) is 0 Å². The third kappa shape index (κ3) is 2.86. The van der Waals surface area contributed by atoms with Crippen molar-refractivity contribution in [3.8, 4) is 5.75 Å². The van der Waals surface area contributed by atoms with Crippen LogP contribution in [0.5, 0.6) is 5.75 Å². The van der Waals surface area contributed by atoms with E-state index in [0.29, 0.717) is 0 Å². The smallest absolute Gasteiger partial charge is 0.137 e. The second-order valence-electron chi connectivity index (χ2n) is 4.01. The highest BCUT2D eigenvalue weighted by atomic mass is 79.9. The molecule has 0 bridgehead atoms. The van der Waals surface area contributed by atoms with Crippen LogP contribution in [0.2, 0.25) is 0 Å². The Bertz CT molecular complexity index is 647. The monoisotopic (exact) mass is 408 g/mol. The van der Waals surface area contributed by atoms with Gasteiger partial charge in [0, 0.05) is 11.1 Å². The van der Waals surface area contributed by atoms with Crippen LogP contribution in [0.25, 0.3) is 0 Å². The lowest BCUT2D eigenvalue weighted by molar-refractivity contribution is 0.405. The van der Waals surface area contributed by atoms with Gasteiger partial charge < -0.3 is 4.74 Å². The van der Waals surface area contributed by atoms with E-state index in [1.54, 1.807) is 6.07 Å². The third-order valence-corrected chi connectivity index (χ3v) is 4.36. The van der Waals surface area contributed by atoms with E-state index in [4.69, 9.17) is 4.74 Å². The fraction of sp³-hybridized carbons (Fsp3) is 0.143. The quantitative estimate of drug-likeness (QED) is 0.489. The summed E-state index contributed by atoms with van der Waals surface area (Å²) in [5.74, 6) is -1.57. The molecule has 0 radical (unpaired) electrons. The van der Waals surface area contributed by atoms with Crippen molar-refractivity contribution in [1.82, 2.24) is 0 Å². The summed E-state index contributed by atoms with van der Waals surface area (Å²) in [7, 11) is 1.39. The van der Waals surface area contributed by atoms with Crippen molar-refractivity contribution < 1.29 is 17.9 Å². The first-order chi connectivity index (χ1) is 9.45. The first-order valence-electron chi connectivity index (χ1n) is 5.56. The second kappa shape index (κ2) is 6.18. The first-order valence-corrected chi connectivity index (χ1v) is 7.27. The molecular formula is C14H9Br2F3O. The van der Waals surface area contributed by atoms with Crippen LogP contribution in [-0.2, 0) is 0 Å². The van der Waals surface area contributed by atoms with Gasteiger partial charge in [-0.05, 0) is 40.2 Å². The molecule has 0 aromatic heterocycles. The minimum atomic E-state index is -0.860. The van der Waals surface area contributed by atoms with Crippen molar-refractivity contribution >= 4 is 31.9 Å². The Hall–Kier alpha value is -1.01. The standard InChI is InChI=1S/C14H9Br2F3O/c1-20-12-4-2-3-9(17)13(12)14(16)7-5-11(19)8(15)6-10(7)18/h2-6,14H,1H3. The molecule has 0 aliphatic heterocycles. The van der Waals surface area contributed by atoms with Crippen molar-refractivity contribution in [2.45, 2.75) is 4.83 Å². The topological polar surface area (TPSA) is 9.23 Å². The maximum Gasteiger partial charge on any atom is 0.137 e. The Morgan fingerprint density at radius 3 is 2.40 bits per heavy atom. The van der Waals surface area contributed by atoms with E-state index in [9.17, 15) is 13.2 Å². The summed E-state index contributed by atoms with van der Waals surface area (Å²) in [6, 6.07) is 6.30. The predicted octanol–water partition coefficient (Wildman–Crippen LogP) is 5.36. The van der Waals surface area contributed by atoms with Gasteiger partial charge in [-0.25, -0.2) is 13.2 Å². The van der Waals surface area contributed by atoms with E-state index in [1.165, 1.54) is 19.2 Å². The van der Waals surface area contributed by atoms with Crippen molar-refractivity contribution in [2.24, 2.45) is 0 Å². The number of benzene rings is 2. The molecule has 20 heavy (non-hydrogen) atoms. The van der Waals surface area contributed by atoms with E-state index in [0.717, 1.165) is 12.1 Å². The second-order valence-corrected chi connectivity index (χ2v) is 5.78. The lowest BCUT2D eigenvalue weighted by atomic mass is 10.0. The van der Waals surface area contributed by atoms with Gasteiger partial charge in [0.05, 0.1) is 16.4 Å². The van der Waals surface area contributed by atoms with Gasteiger partial charge in [0.15, 0.2) is 0 Å². The highest BCUT2D eigenvalue weighted by Crippen LogP contribution is 2.40. The lowest BCUT2D eigenvalue weighted by Gasteiger charge is -2.16. The zero-order valence-electron chi connectivity index (χ0n) is 10.3. The minimum Gasteiger partial charge on any atom is -0.496 e. The summed E-state index contributed by atoms with van der Waals surface area (Å²) in [6.45, 7) is 0. The zero-order chi connectivity index (χ0) is 14.9. The molecule has 0 aliphatic carbocycles. The third-order valence-electron chi connectivity index (χ3n) is 2.80. The van der Waals surface area contributed by atoms with E-state index in [2.05, 4.69) is 31.9 Å².